The molecular formula is C8H16N4O2. The molecule has 1 heterocycles. The lowest BCUT2D eigenvalue weighted by Gasteiger charge is -2.08. The minimum atomic E-state index is 0.321. The molecule has 1 aromatic heterocycles. The van der Waals surface area contributed by atoms with Gasteiger partial charge in [0, 0.05) is 20.1 Å². The van der Waals surface area contributed by atoms with Crippen LogP contribution in [0.2, 0.25) is 0 Å². The minimum Gasteiger partial charge on any atom is -0.370 e. The molecule has 0 aliphatic rings. The van der Waals surface area contributed by atoms with Crippen molar-refractivity contribution in [2.45, 2.75) is 13.5 Å². The van der Waals surface area contributed by atoms with E-state index in [1.54, 1.807) is 0 Å². The first-order chi connectivity index (χ1) is 6.77. The molecule has 14 heavy (non-hydrogen) atoms. The Morgan fingerprint density at radius 1 is 1.57 bits per heavy atom. The molecule has 0 unspecified atom stereocenters. The van der Waals surface area contributed by atoms with Crippen LogP contribution in [0.15, 0.2) is 4.52 Å². The van der Waals surface area contributed by atoms with E-state index in [1.807, 2.05) is 18.9 Å². The molecule has 6 nitrogen and oxygen atoms in total. The lowest BCUT2D eigenvalue weighted by atomic mass is 10.6. The number of hydrogen-bond acceptors (Lipinski definition) is 6. The van der Waals surface area contributed by atoms with Gasteiger partial charge in [-0.05, 0) is 12.1 Å². The molecule has 0 aromatic carbocycles. The van der Waals surface area contributed by atoms with Crippen LogP contribution in [0, 0.1) is 0 Å². The van der Waals surface area contributed by atoms with Gasteiger partial charge < -0.3 is 19.9 Å². The van der Waals surface area contributed by atoms with Crippen molar-refractivity contribution in [3.8, 4) is 0 Å². The van der Waals surface area contributed by atoms with E-state index in [0.29, 0.717) is 31.6 Å². The van der Waals surface area contributed by atoms with E-state index in [2.05, 4.69) is 10.1 Å². The van der Waals surface area contributed by atoms with Crippen molar-refractivity contribution in [1.82, 2.24) is 10.1 Å². The molecule has 0 fully saturated rings. The van der Waals surface area contributed by atoms with Gasteiger partial charge in [-0.15, -0.1) is 0 Å². The zero-order chi connectivity index (χ0) is 10.4. The Bertz CT molecular complexity index is 264. The Balaban J connectivity index is 2.42. The molecule has 0 atom stereocenters. The molecule has 1 rings (SSSR count). The van der Waals surface area contributed by atoms with Crippen LogP contribution in [-0.2, 0) is 11.3 Å². The SMILES string of the molecule is CCN(C)c1noc(COCCN)n1. The van der Waals surface area contributed by atoms with E-state index in [0.717, 1.165) is 6.54 Å². The number of nitrogens with two attached hydrogens (primary N) is 1. The van der Waals surface area contributed by atoms with E-state index in [-0.39, 0.29) is 0 Å². The second-order valence-electron chi connectivity index (χ2n) is 2.84. The molecule has 0 saturated heterocycles. The summed E-state index contributed by atoms with van der Waals surface area (Å²) in [6.45, 7) is 4.17. The van der Waals surface area contributed by atoms with Crippen molar-refractivity contribution in [2.75, 3.05) is 31.6 Å². The third kappa shape index (κ3) is 2.97. The van der Waals surface area contributed by atoms with Gasteiger partial charge in [0.1, 0.15) is 6.61 Å². The molecule has 0 bridgehead atoms. The summed E-state index contributed by atoms with van der Waals surface area (Å²) in [5.74, 6) is 1.06. The highest BCUT2D eigenvalue weighted by molar-refractivity contribution is 5.24. The third-order valence-electron chi connectivity index (χ3n) is 1.76. The van der Waals surface area contributed by atoms with E-state index in [9.17, 15) is 0 Å². The quantitative estimate of drug-likeness (QED) is 0.651. The standard InChI is InChI=1S/C8H16N4O2/c1-3-12(2)8-10-7(14-11-8)6-13-5-4-9/h3-6,9H2,1-2H3. The predicted molar refractivity (Wildman–Crippen MR) is 52.0 cm³/mol. The molecule has 1 aromatic rings. The third-order valence-corrected chi connectivity index (χ3v) is 1.76. The van der Waals surface area contributed by atoms with Crippen molar-refractivity contribution in [3.05, 3.63) is 5.89 Å². The van der Waals surface area contributed by atoms with Crippen molar-refractivity contribution in [1.29, 1.82) is 0 Å². The molecule has 0 aliphatic heterocycles. The molecule has 2 N–H and O–H groups in total. The topological polar surface area (TPSA) is 77.4 Å². The second-order valence-corrected chi connectivity index (χ2v) is 2.84. The first-order valence-corrected chi connectivity index (χ1v) is 4.59. The summed E-state index contributed by atoms with van der Waals surface area (Å²) in [7, 11) is 1.90. The molecule has 0 amide bonds. The largest absolute Gasteiger partial charge is 0.370 e. The maximum Gasteiger partial charge on any atom is 0.265 e. The van der Waals surface area contributed by atoms with Gasteiger partial charge in [-0.2, -0.15) is 4.98 Å². The van der Waals surface area contributed by atoms with Crippen molar-refractivity contribution in [3.63, 3.8) is 0 Å². The lowest BCUT2D eigenvalue weighted by Crippen LogP contribution is -2.17. The molecular weight excluding hydrogens is 184 g/mol. The maximum absolute atomic E-state index is 5.27. The van der Waals surface area contributed by atoms with E-state index in [1.165, 1.54) is 0 Å². The van der Waals surface area contributed by atoms with Crippen LogP contribution < -0.4 is 10.6 Å². The van der Waals surface area contributed by atoms with Crippen LogP contribution >= 0.6 is 0 Å². The Labute approximate surface area is 83.0 Å². The average Bonchev–Trinajstić information content (AvgIpc) is 2.66. The minimum absolute atomic E-state index is 0.321. The van der Waals surface area contributed by atoms with Crippen molar-refractivity contribution >= 4 is 5.95 Å². The van der Waals surface area contributed by atoms with E-state index >= 15 is 0 Å². The summed E-state index contributed by atoms with van der Waals surface area (Å²) in [4.78, 5) is 6.02. The Hall–Kier alpha value is -1.14. The van der Waals surface area contributed by atoms with Gasteiger partial charge in [0.2, 0.25) is 0 Å². The van der Waals surface area contributed by atoms with Gasteiger partial charge in [-0.25, -0.2) is 0 Å². The van der Waals surface area contributed by atoms with Crippen LogP contribution in [0.3, 0.4) is 0 Å². The average molecular weight is 200 g/mol. The smallest absolute Gasteiger partial charge is 0.265 e. The normalized spacial score (nSPS) is 10.5. The highest BCUT2D eigenvalue weighted by Crippen LogP contribution is 2.07. The van der Waals surface area contributed by atoms with Gasteiger partial charge in [0.05, 0.1) is 6.61 Å². The zero-order valence-corrected chi connectivity index (χ0v) is 8.56. The summed E-state index contributed by atoms with van der Waals surface area (Å²) >= 11 is 0. The van der Waals surface area contributed by atoms with Crippen LogP contribution in [0.5, 0.6) is 0 Å². The van der Waals surface area contributed by atoms with Gasteiger partial charge in [-0.1, -0.05) is 0 Å². The number of aromatic nitrogens is 2. The fourth-order valence-corrected chi connectivity index (χ4v) is 0.844. The zero-order valence-electron chi connectivity index (χ0n) is 8.56. The summed E-state index contributed by atoms with van der Waals surface area (Å²) in [5.41, 5.74) is 5.27. The van der Waals surface area contributed by atoms with Gasteiger partial charge in [0.15, 0.2) is 0 Å². The Kier molecular flexibility index (Phi) is 4.34. The first-order valence-electron chi connectivity index (χ1n) is 4.59. The first kappa shape index (κ1) is 10.9. The van der Waals surface area contributed by atoms with Crippen LogP contribution in [0.4, 0.5) is 5.95 Å². The maximum atomic E-state index is 5.27. The lowest BCUT2D eigenvalue weighted by molar-refractivity contribution is 0.104. The summed E-state index contributed by atoms with van der Waals surface area (Å²) < 4.78 is 10.1. The highest BCUT2D eigenvalue weighted by Gasteiger charge is 2.08. The van der Waals surface area contributed by atoms with Crippen LogP contribution in [0.25, 0.3) is 0 Å². The Morgan fingerprint density at radius 2 is 2.36 bits per heavy atom. The molecule has 0 saturated carbocycles. The molecule has 0 radical (unpaired) electrons. The molecule has 0 aliphatic carbocycles. The van der Waals surface area contributed by atoms with Gasteiger partial charge in [0.25, 0.3) is 11.8 Å². The summed E-state index contributed by atoms with van der Waals surface area (Å²) in [6, 6.07) is 0. The van der Waals surface area contributed by atoms with E-state index < -0.39 is 0 Å². The van der Waals surface area contributed by atoms with Gasteiger partial charge >= 0.3 is 0 Å². The fraction of sp³-hybridized carbons (Fsp3) is 0.750. The van der Waals surface area contributed by atoms with Crippen LogP contribution in [-0.4, -0.2) is 36.9 Å². The predicted octanol–water partition coefficient (Wildman–Crippen LogP) is 0.00100. The number of anilines is 1. The van der Waals surface area contributed by atoms with Gasteiger partial charge in [-0.3, -0.25) is 0 Å². The fourth-order valence-electron chi connectivity index (χ4n) is 0.844. The number of nitrogens with zero attached hydrogens (tertiary/aromatic N) is 3. The molecule has 6 heteroatoms. The van der Waals surface area contributed by atoms with Crippen molar-refractivity contribution < 1.29 is 9.26 Å². The number of ether oxygens (including phenoxy) is 1. The summed E-state index contributed by atoms with van der Waals surface area (Å²) in [5, 5.41) is 3.79. The summed E-state index contributed by atoms with van der Waals surface area (Å²) in [6.07, 6.45) is 0. The van der Waals surface area contributed by atoms with Crippen molar-refractivity contribution in [2.24, 2.45) is 5.73 Å². The molecule has 80 valence electrons. The second kappa shape index (κ2) is 5.56. The number of hydrogen-bond donors (Lipinski definition) is 1. The number of rotatable bonds is 6. The Morgan fingerprint density at radius 3 is 3.00 bits per heavy atom. The van der Waals surface area contributed by atoms with Crippen LogP contribution in [0.1, 0.15) is 12.8 Å². The van der Waals surface area contributed by atoms with E-state index in [4.69, 9.17) is 15.0 Å². The molecule has 0 spiro atoms. The highest BCUT2D eigenvalue weighted by atomic mass is 16.5. The monoisotopic (exact) mass is 200 g/mol.